The Bertz CT molecular complexity index is 943. The minimum absolute atomic E-state index is 0.0423. The van der Waals surface area contributed by atoms with Crippen LogP contribution in [-0.2, 0) is 33.5 Å². The van der Waals surface area contributed by atoms with Crippen molar-refractivity contribution < 1.29 is 32.2 Å². The molecule has 0 aliphatic heterocycles. The molecule has 0 fully saturated rings. The van der Waals surface area contributed by atoms with Gasteiger partial charge in [0, 0.05) is 0 Å². The standard InChI is InChI=1S/C24H27ClF3NO4/c1-23(2,3)33-22(31)29-20(21(30)32-15-17-8-5-4-6-9-17)11-7-10-16-12-13-18(19(25)14-16)24(26,27)28/h4-6,8-9,12-14,20H,7,10-11,15H2,1-3H3,(H,29,31)/t20-/m0/s1. The van der Waals surface area contributed by atoms with Crippen molar-refractivity contribution in [3.05, 3.63) is 70.2 Å². The normalized spacial score (nSPS) is 12.7. The smallest absolute Gasteiger partial charge is 0.417 e. The van der Waals surface area contributed by atoms with Crippen molar-refractivity contribution in [2.45, 2.75) is 64.5 Å². The second-order valence-electron chi connectivity index (χ2n) is 8.50. The van der Waals surface area contributed by atoms with Gasteiger partial charge in [0.25, 0.3) is 0 Å². The Hall–Kier alpha value is -2.74. The summed E-state index contributed by atoms with van der Waals surface area (Å²) in [5, 5.41) is 2.14. The molecule has 2 rings (SSSR count). The van der Waals surface area contributed by atoms with E-state index in [0.717, 1.165) is 11.6 Å². The molecule has 180 valence electrons. The number of nitrogens with one attached hydrogen (secondary N) is 1. The van der Waals surface area contributed by atoms with E-state index in [1.165, 1.54) is 12.1 Å². The van der Waals surface area contributed by atoms with Gasteiger partial charge in [0.1, 0.15) is 18.2 Å². The molecule has 2 aromatic rings. The van der Waals surface area contributed by atoms with Crippen LogP contribution >= 0.6 is 11.6 Å². The third-order valence-corrected chi connectivity index (χ3v) is 4.81. The average molecular weight is 486 g/mol. The van der Waals surface area contributed by atoms with Crippen molar-refractivity contribution in [1.82, 2.24) is 5.32 Å². The van der Waals surface area contributed by atoms with Gasteiger partial charge in [-0.05, 0) is 63.3 Å². The van der Waals surface area contributed by atoms with E-state index in [0.29, 0.717) is 18.4 Å². The zero-order valence-electron chi connectivity index (χ0n) is 18.7. The van der Waals surface area contributed by atoms with Crippen molar-refractivity contribution in [1.29, 1.82) is 0 Å². The molecule has 0 saturated carbocycles. The summed E-state index contributed by atoms with van der Waals surface area (Å²) < 4.78 is 49.2. The molecule has 9 heteroatoms. The number of hydrogen-bond acceptors (Lipinski definition) is 4. The van der Waals surface area contributed by atoms with E-state index in [-0.39, 0.29) is 18.1 Å². The van der Waals surface area contributed by atoms with E-state index in [1.807, 2.05) is 18.2 Å². The minimum Gasteiger partial charge on any atom is -0.459 e. The van der Waals surface area contributed by atoms with Crippen LogP contribution in [0.4, 0.5) is 18.0 Å². The minimum atomic E-state index is -4.53. The van der Waals surface area contributed by atoms with Crippen LogP contribution in [-0.4, -0.2) is 23.7 Å². The molecule has 1 amide bonds. The highest BCUT2D eigenvalue weighted by Crippen LogP contribution is 2.35. The number of aryl methyl sites for hydroxylation is 1. The van der Waals surface area contributed by atoms with E-state index < -0.39 is 35.4 Å². The maximum atomic E-state index is 12.9. The van der Waals surface area contributed by atoms with Crippen molar-refractivity contribution in [2.24, 2.45) is 0 Å². The molecule has 1 N–H and O–H groups in total. The lowest BCUT2D eigenvalue weighted by molar-refractivity contribution is -0.147. The molecular formula is C24H27ClF3NO4. The van der Waals surface area contributed by atoms with Gasteiger partial charge in [-0.3, -0.25) is 0 Å². The highest BCUT2D eigenvalue weighted by Gasteiger charge is 2.33. The predicted molar refractivity (Wildman–Crippen MR) is 119 cm³/mol. The van der Waals surface area contributed by atoms with Gasteiger partial charge < -0.3 is 14.8 Å². The maximum absolute atomic E-state index is 12.9. The lowest BCUT2D eigenvalue weighted by Gasteiger charge is -2.23. The summed E-state index contributed by atoms with van der Waals surface area (Å²) in [6, 6.07) is 11.6. The first-order chi connectivity index (χ1) is 15.3. The van der Waals surface area contributed by atoms with Crippen molar-refractivity contribution in [3.63, 3.8) is 0 Å². The van der Waals surface area contributed by atoms with Crippen LogP contribution in [0.25, 0.3) is 0 Å². The zero-order valence-corrected chi connectivity index (χ0v) is 19.4. The SMILES string of the molecule is CC(C)(C)OC(=O)N[C@@H](CCCc1ccc(C(F)(F)F)c(Cl)c1)C(=O)OCc1ccccc1. The molecular weight excluding hydrogens is 459 g/mol. The number of hydrogen-bond donors (Lipinski definition) is 1. The summed E-state index contributed by atoms with van der Waals surface area (Å²) >= 11 is 5.77. The Kier molecular flexibility index (Phi) is 9.16. The number of alkyl carbamates (subject to hydrolysis) is 1. The first-order valence-corrected chi connectivity index (χ1v) is 10.8. The summed E-state index contributed by atoms with van der Waals surface area (Å²) in [7, 11) is 0. The molecule has 0 heterocycles. The second kappa shape index (κ2) is 11.4. The number of alkyl halides is 3. The fourth-order valence-electron chi connectivity index (χ4n) is 2.98. The molecule has 0 aromatic heterocycles. The molecule has 0 unspecified atom stereocenters. The quantitative estimate of drug-likeness (QED) is 0.444. The van der Waals surface area contributed by atoms with Crippen LogP contribution in [0, 0.1) is 0 Å². The van der Waals surface area contributed by atoms with Crippen LogP contribution in [0.15, 0.2) is 48.5 Å². The van der Waals surface area contributed by atoms with Gasteiger partial charge in [0.05, 0.1) is 10.6 Å². The number of rotatable bonds is 8. The van der Waals surface area contributed by atoms with E-state index in [2.05, 4.69) is 5.32 Å². The van der Waals surface area contributed by atoms with Crippen molar-refractivity contribution in [2.75, 3.05) is 0 Å². The molecule has 0 radical (unpaired) electrons. The topological polar surface area (TPSA) is 64.6 Å². The Morgan fingerprint density at radius 3 is 2.27 bits per heavy atom. The van der Waals surface area contributed by atoms with Crippen LogP contribution < -0.4 is 5.32 Å². The van der Waals surface area contributed by atoms with Crippen LogP contribution in [0.3, 0.4) is 0 Å². The van der Waals surface area contributed by atoms with Gasteiger partial charge >= 0.3 is 18.2 Å². The summed E-state index contributed by atoms with van der Waals surface area (Å²) in [6.45, 7) is 5.14. The first kappa shape index (κ1) is 26.5. The third-order valence-electron chi connectivity index (χ3n) is 4.50. The van der Waals surface area contributed by atoms with Crippen molar-refractivity contribution in [3.8, 4) is 0 Å². The van der Waals surface area contributed by atoms with Gasteiger partial charge in [-0.15, -0.1) is 0 Å². The van der Waals surface area contributed by atoms with Gasteiger partial charge in [0.2, 0.25) is 0 Å². The fraction of sp³-hybridized carbons (Fsp3) is 0.417. The molecule has 5 nitrogen and oxygen atoms in total. The summed E-state index contributed by atoms with van der Waals surface area (Å²) in [5.74, 6) is -0.629. The molecule has 0 saturated heterocycles. The molecule has 1 atom stereocenters. The largest absolute Gasteiger partial charge is 0.459 e. The number of carbonyl (C=O) groups is 2. The van der Waals surface area contributed by atoms with E-state index in [9.17, 15) is 22.8 Å². The lowest BCUT2D eigenvalue weighted by Crippen LogP contribution is -2.44. The number of ether oxygens (including phenoxy) is 2. The zero-order chi connectivity index (χ0) is 24.6. The monoisotopic (exact) mass is 485 g/mol. The highest BCUT2D eigenvalue weighted by atomic mass is 35.5. The summed E-state index contributed by atoms with van der Waals surface area (Å²) in [5.41, 5.74) is -0.274. The lowest BCUT2D eigenvalue weighted by atomic mass is 10.0. The maximum Gasteiger partial charge on any atom is 0.417 e. The van der Waals surface area contributed by atoms with Gasteiger partial charge in [-0.1, -0.05) is 48.0 Å². The van der Waals surface area contributed by atoms with Gasteiger partial charge in [0.15, 0.2) is 0 Å². The number of esters is 1. The predicted octanol–water partition coefficient (Wildman–Crippen LogP) is 6.32. The number of carbonyl (C=O) groups excluding carboxylic acids is 2. The number of benzene rings is 2. The van der Waals surface area contributed by atoms with Gasteiger partial charge in [-0.2, -0.15) is 13.2 Å². The Morgan fingerprint density at radius 2 is 1.70 bits per heavy atom. The molecule has 0 bridgehead atoms. The van der Waals surface area contributed by atoms with Crippen LogP contribution in [0.2, 0.25) is 5.02 Å². The first-order valence-electron chi connectivity index (χ1n) is 10.4. The second-order valence-corrected chi connectivity index (χ2v) is 8.90. The highest BCUT2D eigenvalue weighted by molar-refractivity contribution is 6.31. The van der Waals surface area contributed by atoms with E-state index in [1.54, 1.807) is 32.9 Å². The summed E-state index contributed by atoms with van der Waals surface area (Å²) in [6.07, 6.45) is -4.34. The Morgan fingerprint density at radius 1 is 1.03 bits per heavy atom. The molecule has 33 heavy (non-hydrogen) atoms. The van der Waals surface area contributed by atoms with Crippen LogP contribution in [0.1, 0.15) is 50.3 Å². The van der Waals surface area contributed by atoms with Crippen molar-refractivity contribution >= 4 is 23.7 Å². The Labute approximate surface area is 196 Å². The van der Waals surface area contributed by atoms with Crippen LogP contribution in [0.5, 0.6) is 0 Å². The van der Waals surface area contributed by atoms with Gasteiger partial charge in [-0.25, -0.2) is 9.59 Å². The molecule has 0 spiro atoms. The van der Waals surface area contributed by atoms with E-state index in [4.69, 9.17) is 21.1 Å². The molecule has 0 aliphatic carbocycles. The molecule has 0 aliphatic rings. The average Bonchev–Trinajstić information content (AvgIpc) is 2.70. The number of halogens is 4. The number of amides is 1. The summed E-state index contributed by atoms with van der Waals surface area (Å²) in [4.78, 5) is 24.8. The third kappa shape index (κ3) is 9.34. The molecule has 2 aromatic carbocycles. The van der Waals surface area contributed by atoms with E-state index >= 15 is 0 Å². The fourth-order valence-corrected chi connectivity index (χ4v) is 3.29. The Balaban J connectivity index is 2.01.